The second kappa shape index (κ2) is 29.8. The zero-order chi connectivity index (χ0) is 70.6. The smallest absolute Gasteiger partial charge is 0.408 e. The van der Waals surface area contributed by atoms with Crippen molar-refractivity contribution in [2.24, 2.45) is 5.92 Å². The van der Waals surface area contributed by atoms with E-state index in [1.54, 1.807) is 44.3 Å². The molecule has 0 saturated carbocycles. The normalized spacial score (nSPS) is 17.4. The van der Waals surface area contributed by atoms with E-state index in [4.69, 9.17) is 37.9 Å². The van der Waals surface area contributed by atoms with E-state index >= 15 is 0 Å². The van der Waals surface area contributed by atoms with Crippen molar-refractivity contribution in [2.45, 2.75) is 121 Å². The summed E-state index contributed by atoms with van der Waals surface area (Å²) < 4.78 is 48.0. The number of carboxylic acid groups (broad SMARTS) is 1. The maximum Gasteiger partial charge on any atom is 0.408 e. The van der Waals surface area contributed by atoms with Gasteiger partial charge in [-0.05, 0) is 82.6 Å². The minimum Gasteiger partial charge on any atom is -0.493 e. The molecule has 0 bridgehead atoms. The van der Waals surface area contributed by atoms with Gasteiger partial charge in [0.25, 0.3) is 23.6 Å². The number of nitrogens with zero attached hydrogens (tertiary/aromatic N) is 5. The van der Waals surface area contributed by atoms with Gasteiger partial charge in [0.1, 0.15) is 37.6 Å². The Morgan fingerprint density at radius 3 is 1.72 bits per heavy atom. The second-order valence-corrected chi connectivity index (χ2v) is 39.4. The number of rotatable bonds is 27. The van der Waals surface area contributed by atoms with Gasteiger partial charge in [-0.1, -0.05) is 120 Å². The van der Waals surface area contributed by atoms with E-state index in [0.29, 0.717) is 42.4 Å². The molecule has 23 nitrogen and oxygen atoms in total. The number of carbonyl (C=O) groups excluding carboxylic acids is 6. The SMILES string of the molecule is COc1cc2c(cc1OCCCOc1cc3c(cc1OC)C(=O)N1C=C(c4ccc5c(c4)OCO5)C[C@H]1C(=O)N3COCC[Si](C)(C)C)N(COCC[Si](C)(C)C)C(=O)[C@@H]1CC(C#CCNC(=O)[C@H](C)NC(=O)[C@H](C(C)C)N(CC3c4ccccc4-c4ccccc43)C(=O)O)=CN1C2=O. The fraction of sp³-hybridized carbons (Fsp3) is 0.419. The fourth-order valence-electron chi connectivity index (χ4n) is 13.1. The number of ether oxygens (including phenoxy) is 8. The van der Waals surface area contributed by atoms with E-state index in [1.165, 1.54) is 46.9 Å². The van der Waals surface area contributed by atoms with Crippen LogP contribution in [0.4, 0.5) is 16.2 Å². The van der Waals surface area contributed by atoms with Crippen LogP contribution in [0, 0.1) is 17.8 Å². The van der Waals surface area contributed by atoms with Crippen LogP contribution in [-0.4, -0.2) is 176 Å². The Bertz CT molecular complexity index is 4070. The number of methoxy groups -OCH3 is 2. The zero-order valence-corrected chi connectivity index (χ0v) is 60.0. The molecule has 3 N–H and O–H groups in total. The number of amides is 7. The van der Waals surface area contributed by atoms with E-state index in [1.807, 2.05) is 66.7 Å². The lowest BCUT2D eigenvalue weighted by atomic mass is 9.94. The first-order valence-corrected chi connectivity index (χ1v) is 40.9. The fourth-order valence-corrected chi connectivity index (χ4v) is 14.6. The lowest BCUT2D eigenvalue weighted by molar-refractivity contribution is -0.132. The summed E-state index contributed by atoms with van der Waals surface area (Å²) in [7, 11) is -0.131. The molecule has 4 atom stereocenters. The van der Waals surface area contributed by atoms with Gasteiger partial charge in [0.2, 0.25) is 18.6 Å². The van der Waals surface area contributed by atoms with Gasteiger partial charge in [0.15, 0.2) is 34.5 Å². The van der Waals surface area contributed by atoms with Crippen molar-refractivity contribution in [3.05, 3.63) is 137 Å². The van der Waals surface area contributed by atoms with Crippen LogP contribution in [0.2, 0.25) is 51.4 Å². The van der Waals surface area contributed by atoms with Gasteiger partial charge >= 0.3 is 6.09 Å². The third-order valence-electron chi connectivity index (χ3n) is 18.4. The highest BCUT2D eigenvalue weighted by Crippen LogP contribution is 2.47. The van der Waals surface area contributed by atoms with Crippen LogP contribution in [0.15, 0.2) is 109 Å². The molecule has 0 aromatic heterocycles. The Hall–Kier alpha value is -9.62. The minimum absolute atomic E-state index is 0.0268. The van der Waals surface area contributed by atoms with E-state index in [0.717, 1.165) is 50.4 Å². The van der Waals surface area contributed by atoms with Crippen molar-refractivity contribution >= 4 is 74.6 Å². The first kappa shape index (κ1) is 70.7. The summed E-state index contributed by atoms with van der Waals surface area (Å²) in [5.41, 5.74) is 7.03. The predicted molar refractivity (Wildman–Crippen MR) is 378 cm³/mol. The van der Waals surface area contributed by atoms with Crippen molar-refractivity contribution in [1.82, 2.24) is 25.3 Å². The van der Waals surface area contributed by atoms with Gasteiger partial charge in [-0.25, -0.2) is 4.79 Å². The molecule has 0 saturated heterocycles. The van der Waals surface area contributed by atoms with E-state index in [2.05, 4.69) is 61.8 Å². The number of carbonyl (C=O) groups is 7. The molecule has 522 valence electrons. The zero-order valence-electron chi connectivity index (χ0n) is 58.0. The molecule has 6 aliphatic rings. The van der Waals surface area contributed by atoms with E-state index in [-0.39, 0.29) is 117 Å². The van der Waals surface area contributed by atoms with Gasteiger partial charge in [-0.15, -0.1) is 0 Å². The summed E-state index contributed by atoms with van der Waals surface area (Å²) in [5.74, 6) is 4.69. The maximum absolute atomic E-state index is 14.9. The first-order chi connectivity index (χ1) is 47.3. The summed E-state index contributed by atoms with van der Waals surface area (Å²) in [6.07, 6.45) is 2.65. The lowest BCUT2D eigenvalue weighted by Crippen LogP contribution is -2.56. The molecule has 99 heavy (non-hydrogen) atoms. The first-order valence-electron chi connectivity index (χ1n) is 33.5. The third kappa shape index (κ3) is 15.5. The quantitative estimate of drug-likeness (QED) is 0.0251. The van der Waals surface area contributed by atoms with Crippen molar-refractivity contribution in [1.29, 1.82) is 0 Å². The average Bonchev–Trinajstić information content (AvgIpc) is 1.64. The summed E-state index contributed by atoms with van der Waals surface area (Å²) >= 11 is 0. The van der Waals surface area contributed by atoms with Crippen LogP contribution in [0.1, 0.15) is 83.4 Å². The Morgan fingerprint density at radius 1 is 0.646 bits per heavy atom. The Balaban J connectivity index is 0.750. The van der Waals surface area contributed by atoms with Crippen LogP contribution < -0.4 is 48.9 Å². The predicted octanol–water partition coefficient (Wildman–Crippen LogP) is 10.4. The molecule has 0 unspecified atom stereocenters. The standard InChI is InChI=1S/C74H87N7O16Si2/c1-45(2)67(79(74(88)89)41-56-52-21-14-12-19-50(52)51-20-13-15-22-53(51)56)69(83)76-46(3)68(82)75-25-16-18-47-32-59-72(86)80(42-92-28-30-98(6,7)8)57-37-65(62(90-4)35-54(57)70(84)77(59)39-47)94-26-17-27-95-66-38-58-55(36-63(66)91-5)71(85)78-40-49(48-23-24-61-64(34-48)97-44-96-61)33-60(78)73(87)81(58)43-93-29-31-99(9,10)11/h12-15,19-24,34-40,45-46,56,59-60,67H,17,25-33,41-44H2,1-11H3,(H,75,82)(H,76,83)(H,88,89)/t46-,59-,60-,67-/m0/s1. The van der Waals surface area contributed by atoms with Crippen LogP contribution in [0.3, 0.4) is 0 Å². The number of anilines is 2. The topological polar surface area (TPSA) is 254 Å². The Morgan fingerprint density at radius 2 is 1.18 bits per heavy atom. The van der Waals surface area contributed by atoms with Gasteiger partial charge in [0.05, 0.1) is 56.5 Å². The number of fused-ring (bicyclic) bond motifs is 8. The molecule has 5 aliphatic heterocycles. The molecule has 5 aromatic carbocycles. The Kier molecular flexibility index (Phi) is 21.3. The molecule has 7 amide bonds. The third-order valence-corrected chi connectivity index (χ3v) is 21.8. The van der Waals surface area contributed by atoms with Crippen molar-refractivity contribution < 1.29 is 76.6 Å². The summed E-state index contributed by atoms with van der Waals surface area (Å²) in [6, 6.07) is 25.3. The number of hydrogen-bond donors (Lipinski definition) is 3. The van der Waals surface area contributed by atoms with Gasteiger partial charge in [-0.3, -0.25) is 43.5 Å². The molecular weight excluding hydrogens is 1300 g/mol. The Labute approximate surface area is 579 Å². The lowest BCUT2D eigenvalue weighted by Gasteiger charge is -2.34. The van der Waals surface area contributed by atoms with Gasteiger partial charge in [-0.2, -0.15) is 0 Å². The molecule has 5 heterocycles. The summed E-state index contributed by atoms with van der Waals surface area (Å²) in [5, 5.41) is 16.1. The highest BCUT2D eigenvalue weighted by Gasteiger charge is 2.46. The van der Waals surface area contributed by atoms with Gasteiger partial charge < -0.3 is 63.4 Å². The molecule has 0 radical (unpaired) electrons. The highest BCUT2D eigenvalue weighted by atomic mass is 28.3. The highest BCUT2D eigenvalue weighted by molar-refractivity contribution is 6.76. The molecule has 25 heteroatoms. The van der Waals surface area contributed by atoms with Crippen LogP contribution >= 0.6 is 0 Å². The molecule has 5 aromatic rings. The largest absolute Gasteiger partial charge is 0.493 e. The molecular formula is C74H87N7O16Si2. The number of nitrogens with one attached hydrogen (secondary N) is 2. The van der Waals surface area contributed by atoms with Crippen LogP contribution in [0.5, 0.6) is 34.5 Å². The number of benzene rings is 5. The molecule has 0 spiro atoms. The molecule has 0 fully saturated rings. The summed E-state index contributed by atoms with van der Waals surface area (Å²) in [6.45, 7) is 19.2. The minimum atomic E-state index is -1.56. The van der Waals surface area contributed by atoms with Crippen LogP contribution in [0.25, 0.3) is 16.7 Å². The van der Waals surface area contributed by atoms with Crippen molar-refractivity contribution in [2.75, 3.05) is 83.8 Å². The van der Waals surface area contributed by atoms with E-state index < -0.39 is 76.0 Å². The van der Waals surface area contributed by atoms with Crippen LogP contribution in [-0.2, 0) is 28.7 Å². The maximum atomic E-state index is 14.9. The van der Waals surface area contributed by atoms with E-state index in [9.17, 15) is 38.7 Å². The monoisotopic (exact) mass is 1390 g/mol. The second-order valence-electron chi connectivity index (χ2n) is 28.2. The molecule has 11 rings (SSSR count). The number of hydrogen-bond acceptors (Lipinski definition) is 15. The van der Waals surface area contributed by atoms with Crippen molar-refractivity contribution in [3.63, 3.8) is 0 Å². The average molecular weight is 1390 g/mol. The molecule has 1 aliphatic carbocycles. The van der Waals surface area contributed by atoms with Crippen molar-refractivity contribution in [3.8, 4) is 57.5 Å². The summed E-state index contributed by atoms with van der Waals surface area (Å²) in [4.78, 5) is 107. The van der Waals surface area contributed by atoms with Gasteiger partial charge in [0, 0.05) is 91.2 Å².